The highest BCUT2D eigenvalue weighted by molar-refractivity contribution is 5.82. The van der Waals surface area contributed by atoms with Gasteiger partial charge in [0.05, 0.1) is 11.8 Å². The second-order valence-corrected chi connectivity index (χ2v) is 6.19. The van der Waals surface area contributed by atoms with Crippen LogP contribution < -0.4 is 10.2 Å². The zero-order chi connectivity index (χ0) is 16.6. The molecule has 0 saturated carbocycles. The van der Waals surface area contributed by atoms with E-state index in [0.717, 1.165) is 22.5 Å². The number of benzene rings is 2. The molecule has 0 aliphatic carbocycles. The van der Waals surface area contributed by atoms with Crippen LogP contribution in [-0.4, -0.2) is 11.1 Å². The van der Waals surface area contributed by atoms with Crippen molar-refractivity contribution < 1.29 is 4.74 Å². The molecule has 1 aromatic heterocycles. The molecule has 1 heterocycles. The third-order valence-electron chi connectivity index (χ3n) is 3.99. The van der Waals surface area contributed by atoms with Crippen molar-refractivity contribution >= 4 is 10.9 Å². The Morgan fingerprint density at radius 1 is 1.00 bits per heavy atom. The van der Waals surface area contributed by atoms with Crippen LogP contribution in [0.3, 0.4) is 0 Å². The summed E-state index contributed by atoms with van der Waals surface area (Å²) >= 11 is 0. The summed E-state index contributed by atoms with van der Waals surface area (Å²) in [5.74, 6) is 0.800. The van der Waals surface area contributed by atoms with Gasteiger partial charge in [0, 0.05) is 22.5 Å². The summed E-state index contributed by atoms with van der Waals surface area (Å²) in [6.45, 7) is 8.14. The minimum absolute atomic E-state index is 0.0167. The van der Waals surface area contributed by atoms with Crippen molar-refractivity contribution in [2.24, 2.45) is 0 Å². The lowest BCUT2D eigenvalue weighted by Gasteiger charge is -2.17. The van der Waals surface area contributed by atoms with Gasteiger partial charge in [-0.3, -0.25) is 4.79 Å². The minimum atomic E-state index is 0.0167. The molecule has 0 atom stereocenters. The number of aromatic nitrogens is 1. The van der Waals surface area contributed by atoms with Crippen LogP contribution in [0.1, 0.15) is 25.0 Å². The quantitative estimate of drug-likeness (QED) is 0.768. The normalized spacial score (nSPS) is 11.2. The number of aryl methyl sites for hydroxylation is 2. The summed E-state index contributed by atoms with van der Waals surface area (Å²) in [6, 6.07) is 13.3. The van der Waals surface area contributed by atoms with E-state index in [4.69, 9.17) is 4.74 Å². The molecule has 23 heavy (non-hydrogen) atoms. The highest BCUT2D eigenvalue weighted by atomic mass is 16.5. The van der Waals surface area contributed by atoms with E-state index in [0.29, 0.717) is 5.39 Å². The van der Waals surface area contributed by atoms with Gasteiger partial charge in [0.15, 0.2) is 5.43 Å². The zero-order valence-electron chi connectivity index (χ0n) is 13.9. The standard InChI is InChI=1S/C20H21NO2/c1-12(2)23-20-10-14(4)13(3)9-16(20)18-11-19(22)15-7-5-6-8-17(15)21-18/h5-12H,1-4H3,(H,21,22). The van der Waals surface area contributed by atoms with Crippen molar-refractivity contribution in [3.05, 3.63) is 63.8 Å². The van der Waals surface area contributed by atoms with Crippen molar-refractivity contribution in [2.45, 2.75) is 33.8 Å². The van der Waals surface area contributed by atoms with Crippen LogP contribution in [0, 0.1) is 13.8 Å². The zero-order valence-corrected chi connectivity index (χ0v) is 13.9. The van der Waals surface area contributed by atoms with Gasteiger partial charge in [0.1, 0.15) is 5.75 Å². The lowest BCUT2D eigenvalue weighted by molar-refractivity contribution is 0.243. The van der Waals surface area contributed by atoms with Crippen LogP contribution in [0.4, 0.5) is 0 Å². The van der Waals surface area contributed by atoms with Gasteiger partial charge in [-0.2, -0.15) is 0 Å². The van der Waals surface area contributed by atoms with Crippen LogP contribution >= 0.6 is 0 Å². The van der Waals surface area contributed by atoms with E-state index in [1.807, 2.05) is 44.2 Å². The van der Waals surface area contributed by atoms with E-state index in [2.05, 4.69) is 24.9 Å². The first-order valence-corrected chi connectivity index (χ1v) is 7.86. The van der Waals surface area contributed by atoms with Gasteiger partial charge < -0.3 is 9.72 Å². The fourth-order valence-corrected chi connectivity index (χ4v) is 2.69. The molecule has 0 amide bonds. The fraction of sp³-hybridized carbons (Fsp3) is 0.250. The molecule has 0 aliphatic heterocycles. The Balaban J connectivity index is 2.25. The second-order valence-electron chi connectivity index (χ2n) is 6.19. The van der Waals surface area contributed by atoms with Crippen molar-refractivity contribution in [3.8, 4) is 17.0 Å². The van der Waals surface area contributed by atoms with Gasteiger partial charge in [-0.1, -0.05) is 12.1 Å². The number of ether oxygens (including phenoxy) is 1. The van der Waals surface area contributed by atoms with Crippen LogP contribution in [0.15, 0.2) is 47.3 Å². The highest BCUT2D eigenvalue weighted by Crippen LogP contribution is 2.32. The summed E-state index contributed by atoms with van der Waals surface area (Å²) in [5.41, 5.74) is 4.90. The summed E-state index contributed by atoms with van der Waals surface area (Å²) in [7, 11) is 0. The first-order valence-electron chi connectivity index (χ1n) is 7.86. The number of aromatic amines is 1. The van der Waals surface area contributed by atoms with Gasteiger partial charge in [-0.25, -0.2) is 0 Å². The Morgan fingerprint density at radius 3 is 2.43 bits per heavy atom. The Hall–Kier alpha value is -2.55. The van der Waals surface area contributed by atoms with Crippen molar-refractivity contribution in [2.75, 3.05) is 0 Å². The van der Waals surface area contributed by atoms with E-state index in [9.17, 15) is 4.79 Å². The molecular formula is C20H21NO2. The molecule has 0 saturated heterocycles. The summed E-state index contributed by atoms with van der Waals surface area (Å²) in [4.78, 5) is 15.8. The van der Waals surface area contributed by atoms with Crippen LogP contribution in [0.25, 0.3) is 22.2 Å². The number of rotatable bonds is 3. The number of para-hydroxylation sites is 1. The van der Waals surface area contributed by atoms with Gasteiger partial charge in [-0.15, -0.1) is 0 Å². The Morgan fingerprint density at radius 2 is 1.70 bits per heavy atom. The SMILES string of the molecule is Cc1cc(OC(C)C)c(-c2cc(=O)c3ccccc3[nH]2)cc1C. The molecule has 2 aromatic carbocycles. The smallest absolute Gasteiger partial charge is 0.190 e. The third-order valence-corrected chi connectivity index (χ3v) is 3.99. The second kappa shape index (κ2) is 5.92. The molecule has 3 rings (SSSR count). The van der Waals surface area contributed by atoms with Gasteiger partial charge in [-0.05, 0) is 63.1 Å². The van der Waals surface area contributed by atoms with Crippen LogP contribution in [0.5, 0.6) is 5.75 Å². The number of H-pyrrole nitrogens is 1. The predicted octanol–water partition coefficient (Wildman–Crippen LogP) is 4.60. The van der Waals surface area contributed by atoms with Crippen molar-refractivity contribution in [1.29, 1.82) is 0 Å². The first kappa shape index (κ1) is 15.3. The lowest BCUT2D eigenvalue weighted by Crippen LogP contribution is -2.08. The highest BCUT2D eigenvalue weighted by Gasteiger charge is 2.13. The van der Waals surface area contributed by atoms with Gasteiger partial charge in [0.2, 0.25) is 0 Å². The van der Waals surface area contributed by atoms with Gasteiger partial charge in [0.25, 0.3) is 0 Å². The number of hydrogen-bond donors (Lipinski definition) is 1. The molecule has 3 heteroatoms. The van der Waals surface area contributed by atoms with Crippen LogP contribution in [0.2, 0.25) is 0 Å². The number of nitrogens with one attached hydrogen (secondary N) is 1. The maximum Gasteiger partial charge on any atom is 0.190 e. The van der Waals surface area contributed by atoms with Crippen LogP contribution in [-0.2, 0) is 0 Å². The first-order chi connectivity index (χ1) is 11.0. The molecule has 1 N–H and O–H groups in total. The molecule has 0 unspecified atom stereocenters. The van der Waals surface area contributed by atoms with E-state index >= 15 is 0 Å². The summed E-state index contributed by atoms with van der Waals surface area (Å²) in [6.07, 6.45) is 0.0723. The van der Waals surface area contributed by atoms with E-state index in [1.165, 1.54) is 11.1 Å². The van der Waals surface area contributed by atoms with E-state index in [-0.39, 0.29) is 11.5 Å². The van der Waals surface area contributed by atoms with Gasteiger partial charge >= 0.3 is 0 Å². The average molecular weight is 307 g/mol. The third kappa shape index (κ3) is 3.00. The average Bonchev–Trinajstić information content (AvgIpc) is 2.50. The molecule has 0 radical (unpaired) electrons. The summed E-state index contributed by atoms with van der Waals surface area (Å²) < 4.78 is 5.97. The molecule has 118 valence electrons. The molecular weight excluding hydrogens is 286 g/mol. The van der Waals surface area contributed by atoms with E-state index < -0.39 is 0 Å². The lowest BCUT2D eigenvalue weighted by atomic mass is 10.0. The maximum absolute atomic E-state index is 12.4. The molecule has 0 aliphatic rings. The summed E-state index contributed by atoms with van der Waals surface area (Å²) in [5, 5.41) is 0.700. The number of hydrogen-bond acceptors (Lipinski definition) is 2. The Bertz CT molecular complexity index is 923. The molecule has 0 spiro atoms. The molecule has 3 aromatic rings. The van der Waals surface area contributed by atoms with Crippen molar-refractivity contribution in [3.63, 3.8) is 0 Å². The molecule has 0 fully saturated rings. The van der Waals surface area contributed by atoms with Crippen molar-refractivity contribution in [1.82, 2.24) is 4.98 Å². The maximum atomic E-state index is 12.4. The van der Waals surface area contributed by atoms with E-state index in [1.54, 1.807) is 6.07 Å². The monoisotopic (exact) mass is 307 g/mol. The number of pyridine rings is 1. The molecule has 0 bridgehead atoms. The number of fused-ring (bicyclic) bond motifs is 1. The predicted molar refractivity (Wildman–Crippen MR) is 95.2 cm³/mol. The largest absolute Gasteiger partial charge is 0.490 e. The Labute approximate surface area is 135 Å². The minimum Gasteiger partial charge on any atom is -0.490 e. The fourth-order valence-electron chi connectivity index (χ4n) is 2.69. The molecule has 3 nitrogen and oxygen atoms in total. The Kier molecular flexibility index (Phi) is 3.95. The topological polar surface area (TPSA) is 42.1 Å².